The topological polar surface area (TPSA) is 40.1 Å². The number of carboxylic acid groups (broad SMARTS) is 1. The maximum absolute atomic E-state index is 11.3. The van der Waals surface area contributed by atoms with Crippen LogP contribution in [0.4, 0.5) is 0 Å². The van der Waals surface area contributed by atoms with Crippen molar-refractivity contribution in [2.24, 2.45) is 0 Å². The van der Waals surface area contributed by atoms with Crippen LogP contribution < -0.4 is 5.11 Å². The molecule has 0 saturated carbocycles. The monoisotopic (exact) mass is 294 g/mol. The van der Waals surface area contributed by atoms with Crippen LogP contribution in [-0.2, 0) is 10.8 Å². The molecule has 1 unspecified atom stereocenters. The van der Waals surface area contributed by atoms with Crippen molar-refractivity contribution in [2.75, 3.05) is 0 Å². The molecule has 1 atom stereocenters. The average molecular weight is 294 g/mol. The standard InChI is InChI=1S/C20H22O2/c1-19(2,3)14-10-12-15(13-11-14)20(4,5)17-9-7-6-8-16(17)18(21)22/h6-13H,4H2,1-3,5H3. The fraction of sp³-hybridized carbons (Fsp3) is 0.300. The molecule has 0 aliphatic carbocycles. The molecule has 0 aliphatic rings. The van der Waals surface area contributed by atoms with E-state index in [2.05, 4.69) is 39.8 Å². The van der Waals surface area contributed by atoms with Crippen LogP contribution in [0, 0.1) is 6.92 Å². The summed E-state index contributed by atoms with van der Waals surface area (Å²) in [5.41, 5.74) is 2.51. The van der Waals surface area contributed by atoms with Gasteiger partial charge in [0.2, 0.25) is 0 Å². The number of hydrogen-bond donors (Lipinski definition) is 0. The predicted molar refractivity (Wildman–Crippen MR) is 87.7 cm³/mol. The summed E-state index contributed by atoms with van der Waals surface area (Å²) < 4.78 is 0. The highest BCUT2D eigenvalue weighted by molar-refractivity contribution is 5.88. The second-order valence-corrected chi connectivity index (χ2v) is 6.99. The summed E-state index contributed by atoms with van der Waals surface area (Å²) in [4.78, 5) is 11.3. The zero-order valence-corrected chi connectivity index (χ0v) is 13.6. The van der Waals surface area contributed by atoms with Gasteiger partial charge in [-0.2, -0.15) is 0 Å². The Morgan fingerprint density at radius 1 is 0.909 bits per heavy atom. The summed E-state index contributed by atoms with van der Waals surface area (Å²) >= 11 is 0. The van der Waals surface area contributed by atoms with Crippen molar-refractivity contribution < 1.29 is 9.90 Å². The van der Waals surface area contributed by atoms with Gasteiger partial charge in [0.15, 0.2) is 5.41 Å². The van der Waals surface area contributed by atoms with Gasteiger partial charge in [0.05, 0.1) is 12.9 Å². The van der Waals surface area contributed by atoms with Gasteiger partial charge in [-0.25, -0.2) is 0 Å². The molecular weight excluding hydrogens is 272 g/mol. The highest BCUT2D eigenvalue weighted by Gasteiger charge is 2.33. The molecule has 0 aromatic heterocycles. The van der Waals surface area contributed by atoms with Gasteiger partial charge in [0.25, 0.3) is 0 Å². The summed E-state index contributed by atoms with van der Waals surface area (Å²) in [6.45, 7) is 12.7. The molecular formula is C20H22O2. The zero-order valence-electron chi connectivity index (χ0n) is 13.6. The van der Waals surface area contributed by atoms with Gasteiger partial charge in [-0.05, 0) is 17.9 Å². The molecule has 2 aromatic carbocycles. The van der Waals surface area contributed by atoms with Crippen LogP contribution in [0.1, 0.15) is 54.7 Å². The second-order valence-electron chi connectivity index (χ2n) is 6.99. The summed E-state index contributed by atoms with van der Waals surface area (Å²) in [6.07, 6.45) is 0. The van der Waals surface area contributed by atoms with Crippen LogP contribution in [0.2, 0.25) is 0 Å². The number of rotatable bonds is 3. The summed E-state index contributed by atoms with van der Waals surface area (Å²) in [7, 11) is 0. The lowest BCUT2D eigenvalue weighted by Gasteiger charge is -2.24. The van der Waals surface area contributed by atoms with E-state index in [1.54, 1.807) is 18.2 Å². The fourth-order valence-corrected chi connectivity index (χ4v) is 2.64. The van der Waals surface area contributed by atoms with E-state index in [1.807, 2.05) is 25.1 Å². The molecule has 0 amide bonds. The molecule has 0 radical (unpaired) electrons. The van der Waals surface area contributed by atoms with Crippen LogP contribution >= 0.6 is 0 Å². The third kappa shape index (κ3) is 3.01. The summed E-state index contributed by atoms with van der Waals surface area (Å²) in [5.74, 6) is -1.17. The summed E-state index contributed by atoms with van der Waals surface area (Å²) in [6, 6.07) is 15.1. The Hall–Kier alpha value is -2.22. The van der Waals surface area contributed by atoms with Crippen LogP contribution in [0.5, 0.6) is 0 Å². The van der Waals surface area contributed by atoms with Gasteiger partial charge in [-0.15, -0.1) is 0 Å². The number of carboxylic acids is 1. The highest BCUT2D eigenvalue weighted by atomic mass is 16.4. The van der Waals surface area contributed by atoms with Crippen molar-refractivity contribution in [1.82, 2.24) is 0 Å². The molecule has 0 aliphatic heterocycles. The van der Waals surface area contributed by atoms with Crippen LogP contribution in [0.3, 0.4) is 0 Å². The van der Waals surface area contributed by atoms with Gasteiger partial charge < -0.3 is 9.90 Å². The minimum atomic E-state index is -1.17. The SMILES string of the molecule is [CH2+]C(C)(c1ccc(C(C)(C)C)cc1)c1ccccc1C(=O)[O-]. The first-order valence-corrected chi connectivity index (χ1v) is 7.41. The van der Waals surface area contributed by atoms with Crippen molar-refractivity contribution >= 4 is 5.97 Å². The van der Waals surface area contributed by atoms with Crippen LogP contribution in [0.15, 0.2) is 48.5 Å². The molecule has 0 N–H and O–H groups in total. The first-order valence-electron chi connectivity index (χ1n) is 7.41. The van der Waals surface area contributed by atoms with E-state index in [0.717, 1.165) is 5.56 Å². The lowest BCUT2D eigenvalue weighted by molar-refractivity contribution is -0.255. The normalized spacial score (nSPS) is 14.4. The van der Waals surface area contributed by atoms with E-state index in [9.17, 15) is 9.90 Å². The van der Waals surface area contributed by atoms with E-state index in [4.69, 9.17) is 0 Å². The number of aromatic carboxylic acids is 1. The number of carbonyl (C=O) groups excluding carboxylic acids is 1. The van der Waals surface area contributed by atoms with E-state index in [-0.39, 0.29) is 11.0 Å². The molecule has 2 rings (SSSR count). The third-order valence-electron chi connectivity index (χ3n) is 4.13. The van der Waals surface area contributed by atoms with E-state index >= 15 is 0 Å². The lowest BCUT2D eigenvalue weighted by Crippen LogP contribution is -2.29. The quantitative estimate of drug-likeness (QED) is 0.813. The van der Waals surface area contributed by atoms with E-state index in [0.29, 0.717) is 5.56 Å². The zero-order chi connectivity index (χ0) is 16.5. The number of carbonyl (C=O) groups is 1. The Balaban J connectivity index is 2.49. The van der Waals surface area contributed by atoms with Crippen LogP contribution in [-0.4, -0.2) is 5.97 Å². The van der Waals surface area contributed by atoms with Gasteiger partial charge in [-0.3, -0.25) is 0 Å². The molecule has 2 heteroatoms. The average Bonchev–Trinajstić information content (AvgIpc) is 2.46. The first kappa shape index (κ1) is 16.2. The van der Waals surface area contributed by atoms with Gasteiger partial charge in [0.1, 0.15) is 0 Å². The molecule has 2 aromatic rings. The van der Waals surface area contributed by atoms with Crippen molar-refractivity contribution in [3.8, 4) is 0 Å². The second kappa shape index (κ2) is 5.53. The molecule has 114 valence electrons. The van der Waals surface area contributed by atoms with Crippen molar-refractivity contribution in [3.05, 3.63) is 77.7 Å². The Morgan fingerprint density at radius 2 is 1.41 bits per heavy atom. The van der Waals surface area contributed by atoms with Crippen LogP contribution in [0.25, 0.3) is 0 Å². The Kier molecular flexibility index (Phi) is 4.06. The molecule has 0 saturated heterocycles. The maximum atomic E-state index is 11.3. The minimum absolute atomic E-state index is 0.0823. The Labute approximate surface area is 132 Å². The molecule has 0 heterocycles. The minimum Gasteiger partial charge on any atom is -0.545 e. The number of benzene rings is 2. The molecule has 0 spiro atoms. The highest BCUT2D eigenvalue weighted by Crippen LogP contribution is 2.34. The maximum Gasteiger partial charge on any atom is 0.153 e. The van der Waals surface area contributed by atoms with Gasteiger partial charge in [-0.1, -0.05) is 69.3 Å². The summed E-state index contributed by atoms with van der Waals surface area (Å²) in [5, 5.41) is 11.3. The predicted octanol–water partition coefficient (Wildman–Crippen LogP) is 3.49. The van der Waals surface area contributed by atoms with Gasteiger partial charge >= 0.3 is 0 Å². The molecule has 0 fully saturated rings. The van der Waals surface area contributed by atoms with E-state index in [1.165, 1.54) is 5.56 Å². The third-order valence-corrected chi connectivity index (χ3v) is 4.13. The van der Waals surface area contributed by atoms with Gasteiger partial charge in [0, 0.05) is 16.7 Å². The molecule has 2 nitrogen and oxygen atoms in total. The lowest BCUT2D eigenvalue weighted by atomic mass is 9.75. The van der Waals surface area contributed by atoms with E-state index < -0.39 is 11.4 Å². The van der Waals surface area contributed by atoms with Crippen molar-refractivity contribution in [3.63, 3.8) is 0 Å². The first-order chi connectivity index (χ1) is 10.1. The fourth-order valence-electron chi connectivity index (χ4n) is 2.64. The smallest absolute Gasteiger partial charge is 0.153 e. The Morgan fingerprint density at radius 3 is 1.91 bits per heavy atom. The molecule has 0 bridgehead atoms. The Bertz CT molecular complexity index is 674. The van der Waals surface area contributed by atoms with Crippen molar-refractivity contribution in [1.29, 1.82) is 0 Å². The molecule has 22 heavy (non-hydrogen) atoms. The number of hydrogen-bond acceptors (Lipinski definition) is 2. The van der Waals surface area contributed by atoms with Crippen molar-refractivity contribution in [2.45, 2.75) is 38.5 Å². The largest absolute Gasteiger partial charge is 0.545 e.